The van der Waals surface area contributed by atoms with Crippen LogP contribution in [0.4, 0.5) is 13.2 Å². The Morgan fingerprint density at radius 2 is 0.938 bits per heavy atom. The molecule has 0 aliphatic heterocycles. The van der Waals surface area contributed by atoms with Crippen LogP contribution in [0.5, 0.6) is 0 Å². The second kappa shape index (κ2) is 24.3. The van der Waals surface area contributed by atoms with E-state index in [1.54, 1.807) is 0 Å². The summed E-state index contributed by atoms with van der Waals surface area (Å²) < 4.78 is 34.3. The maximum Gasteiger partial charge on any atom is -0.0178 e. The van der Waals surface area contributed by atoms with Crippen molar-refractivity contribution in [3.05, 3.63) is 166 Å². The second-order valence-corrected chi connectivity index (χ2v) is 26.2. The van der Waals surface area contributed by atoms with Crippen molar-refractivity contribution < 1.29 is 61.3 Å². The van der Waals surface area contributed by atoms with Gasteiger partial charge in [-0.2, -0.15) is 0 Å². The molecule has 10 rings (SSSR count). The van der Waals surface area contributed by atoms with E-state index < -0.39 is 18.0 Å². The van der Waals surface area contributed by atoms with Gasteiger partial charge in [-0.25, -0.2) is 0 Å². The molecule has 2 saturated carbocycles. The number of benzene rings is 6. The van der Waals surface area contributed by atoms with Gasteiger partial charge in [0.05, 0.1) is 0 Å². The summed E-state index contributed by atoms with van der Waals surface area (Å²) >= 11 is 1.29. The van der Waals surface area contributed by atoms with Crippen molar-refractivity contribution in [2.24, 2.45) is 11.8 Å². The smallest absolute Gasteiger partial charge is 0.0178 e. The fraction of sp³-hybridized carbons (Fsp3) is 0.310. The quantitative estimate of drug-likeness (QED) is 0.0909. The summed E-state index contributed by atoms with van der Waals surface area (Å²) in [6.45, 7) is 1.93. The van der Waals surface area contributed by atoms with Gasteiger partial charge in [-0.15, -0.1) is 80.6 Å². The summed E-state index contributed by atoms with van der Waals surface area (Å²) in [4.78, 5) is 0. The van der Waals surface area contributed by atoms with E-state index in [4.69, 9.17) is 0 Å². The molecule has 0 N–H and O–H groups in total. The summed E-state index contributed by atoms with van der Waals surface area (Å²) in [6, 6.07) is 44.4. The van der Waals surface area contributed by atoms with E-state index in [2.05, 4.69) is 158 Å². The van der Waals surface area contributed by atoms with Gasteiger partial charge in [-0.3, -0.25) is 0 Å². The number of allylic oxidation sites excluding steroid dienone is 4. The zero-order valence-electron chi connectivity index (χ0n) is 37.3. The number of halogens is 5. The molecule has 334 valence electrons. The predicted octanol–water partition coefficient (Wildman–Crippen LogP) is 7.83. The summed E-state index contributed by atoms with van der Waals surface area (Å²) in [7, 11) is 0. The average Bonchev–Trinajstić information content (AvgIpc) is 3.68. The minimum Gasteiger partial charge on any atom is -1.00 e. The first-order valence-corrected chi connectivity index (χ1v) is 29.1. The van der Waals surface area contributed by atoms with Crippen LogP contribution in [0, 0.1) is 11.8 Å². The van der Waals surface area contributed by atoms with Crippen molar-refractivity contribution in [2.75, 3.05) is 0 Å². The molecule has 0 heterocycles. The number of hydrogen-bond acceptors (Lipinski definition) is 0. The fourth-order valence-corrected chi connectivity index (χ4v) is 11.1. The zero-order valence-corrected chi connectivity index (χ0v) is 42.3. The first kappa shape index (κ1) is 50.7. The summed E-state index contributed by atoms with van der Waals surface area (Å²) in [6.07, 6.45) is 29.0. The molecule has 0 amide bonds. The third kappa shape index (κ3) is 14.1. The van der Waals surface area contributed by atoms with Gasteiger partial charge in [0.2, 0.25) is 0 Å². The van der Waals surface area contributed by atoms with Crippen LogP contribution in [0.3, 0.4) is 0 Å². The zero-order chi connectivity index (χ0) is 43.6. The van der Waals surface area contributed by atoms with Crippen LogP contribution in [0.1, 0.15) is 83.5 Å². The molecule has 0 spiro atoms. The molecule has 0 bridgehead atoms. The molecule has 0 unspecified atom stereocenters. The Kier molecular flexibility index (Phi) is 19.0. The van der Waals surface area contributed by atoms with E-state index in [1.807, 2.05) is 6.55 Å². The Hall–Kier alpha value is -3.73. The van der Waals surface area contributed by atoms with Crippen molar-refractivity contribution in [3.63, 3.8) is 0 Å². The normalized spacial score (nSPS) is 17.2. The Balaban J connectivity index is 0.000000177. The van der Waals surface area contributed by atoms with Gasteiger partial charge in [0.1, 0.15) is 0 Å². The van der Waals surface area contributed by atoms with E-state index in [0.717, 1.165) is 11.8 Å². The van der Waals surface area contributed by atoms with Crippen LogP contribution < -0.4 is 45.7 Å². The number of alkyl halides is 3. The number of rotatable bonds is 6. The van der Waals surface area contributed by atoms with Crippen molar-refractivity contribution >= 4 is 51.3 Å². The van der Waals surface area contributed by atoms with Gasteiger partial charge in [0.15, 0.2) is 0 Å². The van der Waals surface area contributed by atoms with Crippen LogP contribution in [-0.4, -0.2) is 11.6 Å². The van der Waals surface area contributed by atoms with Gasteiger partial charge < -0.3 is 24.8 Å². The molecule has 7 heteroatoms. The van der Waals surface area contributed by atoms with Crippen molar-refractivity contribution in [3.8, 4) is 22.3 Å². The molecule has 4 aliphatic carbocycles. The van der Waals surface area contributed by atoms with Crippen LogP contribution in [0.25, 0.3) is 68.1 Å². The van der Waals surface area contributed by atoms with Crippen LogP contribution in [0.15, 0.2) is 145 Å². The van der Waals surface area contributed by atoms with Gasteiger partial charge in [0.25, 0.3) is 0 Å². The third-order valence-electron chi connectivity index (χ3n) is 12.9. The molecule has 0 saturated heterocycles. The Morgan fingerprint density at radius 3 is 1.31 bits per heavy atom. The molecule has 0 nitrogen and oxygen atoms in total. The van der Waals surface area contributed by atoms with Gasteiger partial charge in [-0.05, 0) is 56.6 Å². The molecule has 6 aromatic carbocycles. The van der Waals surface area contributed by atoms with E-state index in [9.17, 15) is 13.2 Å². The molecule has 0 radical (unpaired) electrons. The van der Waals surface area contributed by atoms with Crippen LogP contribution in [0.2, 0.25) is 12.6 Å². The summed E-state index contributed by atoms with van der Waals surface area (Å²) in [5.74, 6) is 1.45. The standard InChI is InChI=1S/2C27H25.C4H7F3Si.2ClH.Zr/c2*1-2-4-9-20(8-3-1)16-21-17-24-12-7-13-26(27(24)18-21)25-15-14-22-10-5-6-11-23(22)19-25;1-8-3-2-4(5,6)7;;;/h2*5-7,10-16,18-20H,1-4,8-9H2;2-3H2,1H3;2*1H;/q2*-1;;;;+2/p-2. The minimum absolute atomic E-state index is 0. The van der Waals surface area contributed by atoms with Crippen LogP contribution in [-0.2, 0) is 23.3 Å². The molecular weight excluding hydrogens is 944 g/mol. The Morgan fingerprint density at radius 1 is 0.538 bits per heavy atom. The maximum absolute atomic E-state index is 11.4. The molecule has 0 atom stereocenters. The predicted molar refractivity (Wildman–Crippen MR) is 259 cm³/mol. The summed E-state index contributed by atoms with van der Waals surface area (Å²) in [5.41, 5.74) is 7.18. The monoisotopic (exact) mass is 998 g/mol. The largest absolute Gasteiger partial charge is 1.00 e. The number of hydrogen-bond donors (Lipinski definition) is 0. The molecule has 2 fully saturated rings. The topological polar surface area (TPSA) is 0 Å². The number of fused-ring (bicyclic) bond motifs is 4. The van der Waals surface area contributed by atoms with Crippen molar-refractivity contribution in [1.29, 1.82) is 0 Å². The molecular formula is C58H57Cl2F3SiZr-2. The van der Waals surface area contributed by atoms with Crippen molar-refractivity contribution in [2.45, 2.75) is 102 Å². The molecule has 65 heavy (non-hydrogen) atoms. The first-order valence-electron chi connectivity index (χ1n) is 23.2. The van der Waals surface area contributed by atoms with Crippen LogP contribution >= 0.6 is 0 Å². The fourth-order valence-electron chi connectivity index (χ4n) is 9.54. The molecule has 4 aliphatic rings. The third-order valence-corrected chi connectivity index (χ3v) is 15.7. The van der Waals surface area contributed by atoms with Gasteiger partial charge in [0, 0.05) is 0 Å². The van der Waals surface area contributed by atoms with Gasteiger partial charge >= 0.3 is 67.1 Å². The average molecular weight is 1000 g/mol. The van der Waals surface area contributed by atoms with E-state index >= 15 is 0 Å². The first-order chi connectivity index (χ1) is 30.6. The maximum atomic E-state index is 11.4. The SMILES string of the molecule is C[Si](=[Zr+2])CCC(F)(F)F.[C-]1=c2cccc(-c3ccc4ccccc4c3)c2=CC1=CC1CCCCCC1.[C-]1=c2cccc(-c3ccc4ccccc4c3)c2=CC1=CC1CCCCCC1.[Cl-].[Cl-]. The minimum atomic E-state index is -3.93. The van der Waals surface area contributed by atoms with E-state index in [1.165, 1.54) is 176 Å². The second-order valence-electron chi connectivity index (χ2n) is 17.8. The van der Waals surface area contributed by atoms with E-state index in [-0.39, 0.29) is 24.8 Å². The Bertz CT molecular complexity index is 2710. The van der Waals surface area contributed by atoms with E-state index in [0.29, 0.717) is 6.04 Å². The summed E-state index contributed by atoms with van der Waals surface area (Å²) in [5, 5.41) is 10.3. The van der Waals surface area contributed by atoms with Crippen molar-refractivity contribution in [1.82, 2.24) is 0 Å². The van der Waals surface area contributed by atoms with Gasteiger partial charge in [-0.1, -0.05) is 185 Å². The molecule has 0 aromatic heterocycles. The Labute approximate surface area is 411 Å². The molecule has 6 aromatic rings.